The highest BCUT2D eigenvalue weighted by Gasteiger charge is 2.18. The lowest BCUT2D eigenvalue weighted by atomic mass is 9.96. The number of hydrogen-bond acceptors (Lipinski definition) is 4. The molecule has 1 unspecified atom stereocenters. The minimum atomic E-state index is -0.158. The summed E-state index contributed by atoms with van der Waals surface area (Å²) in [6.07, 6.45) is 3.72. The van der Waals surface area contributed by atoms with Gasteiger partial charge in [0.05, 0.1) is 11.8 Å². The molecule has 25 heavy (non-hydrogen) atoms. The minimum Gasteiger partial charge on any atom is -0.356 e. The number of nitrogens with one attached hydrogen (secondary N) is 3. The smallest absolute Gasteiger partial charge is 0.273 e. The Morgan fingerprint density at radius 3 is 2.92 bits per heavy atom. The van der Waals surface area contributed by atoms with Crippen LogP contribution < -0.4 is 16.2 Å². The van der Waals surface area contributed by atoms with E-state index < -0.39 is 0 Å². The van der Waals surface area contributed by atoms with Gasteiger partial charge in [0.2, 0.25) is 5.91 Å². The second-order valence-electron chi connectivity index (χ2n) is 7.03. The molecule has 1 amide bonds. The molecule has 1 atom stereocenters. The first-order valence-corrected chi connectivity index (χ1v) is 8.99. The average molecular weight is 345 g/mol. The monoisotopic (exact) mass is 345 g/mol. The van der Waals surface area contributed by atoms with Crippen LogP contribution in [-0.4, -0.2) is 40.3 Å². The van der Waals surface area contributed by atoms with Crippen LogP contribution in [0.4, 0.5) is 0 Å². The summed E-state index contributed by atoms with van der Waals surface area (Å²) in [6.45, 7) is 6.63. The number of carbonyl (C=O) groups is 1. The molecule has 0 aromatic carbocycles. The second kappa shape index (κ2) is 7.39. The Kier molecular flexibility index (Phi) is 5.22. The molecule has 0 aliphatic carbocycles. The lowest BCUT2D eigenvalue weighted by Gasteiger charge is -2.22. The van der Waals surface area contributed by atoms with Crippen molar-refractivity contribution in [2.75, 3.05) is 19.6 Å². The van der Waals surface area contributed by atoms with Crippen molar-refractivity contribution in [2.45, 2.75) is 39.5 Å². The molecule has 1 aliphatic heterocycles. The fraction of sp³-hybridized carbons (Fsp3) is 0.611. The van der Waals surface area contributed by atoms with E-state index in [1.165, 1.54) is 12.8 Å². The number of amides is 1. The molecule has 3 N–H and O–H groups in total. The molecule has 7 nitrogen and oxygen atoms in total. The third-order valence-corrected chi connectivity index (χ3v) is 5.19. The lowest BCUT2D eigenvalue weighted by Crippen LogP contribution is -2.33. The van der Waals surface area contributed by atoms with Crippen molar-refractivity contribution < 1.29 is 4.79 Å². The van der Waals surface area contributed by atoms with Crippen molar-refractivity contribution >= 4 is 16.9 Å². The minimum absolute atomic E-state index is 0.0107. The molecule has 136 valence electrons. The Labute approximate surface area is 147 Å². The van der Waals surface area contributed by atoms with E-state index in [0.29, 0.717) is 23.5 Å². The maximum Gasteiger partial charge on any atom is 0.273 e. The number of aromatic amines is 1. The first-order valence-electron chi connectivity index (χ1n) is 8.99. The van der Waals surface area contributed by atoms with E-state index in [0.717, 1.165) is 36.3 Å². The van der Waals surface area contributed by atoms with E-state index in [2.05, 4.69) is 20.7 Å². The Balaban J connectivity index is 1.66. The zero-order valence-electron chi connectivity index (χ0n) is 15.2. The van der Waals surface area contributed by atoms with Crippen molar-refractivity contribution in [1.82, 2.24) is 25.4 Å². The Bertz CT molecular complexity index is 830. The quantitative estimate of drug-likeness (QED) is 0.752. The average Bonchev–Trinajstić information content (AvgIpc) is 2.86. The third kappa shape index (κ3) is 3.76. The summed E-state index contributed by atoms with van der Waals surface area (Å²) in [5.74, 6) is 0.641. The zero-order chi connectivity index (χ0) is 18.0. The number of H-pyrrole nitrogens is 1. The summed E-state index contributed by atoms with van der Waals surface area (Å²) in [5.41, 5.74) is 2.96. The first-order chi connectivity index (χ1) is 12.0. The summed E-state index contributed by atoms with van der Waals surface area (Å²) in [5, 5.41) is 9.71. The second-order valence-corrected chi connectivity index (χ2v) is 7.03. The molecular weight excluding hydrogens is 318 g/mol. The molecule has 2 aromatic heterocycles. The molecule has 3 rings (SSSR count). The van der Waals surface area contributed by atoms with Gasteiger partial charge in [0.25, 0.3) is 5.56 Å². The van der Waals surface area contributed by atoms with Crippen molar-refractivity contribution in [3.05, 3.63) is 27.2 Å². The van der Waals surface area contributed by atoms with Gasteiger partial charge in [-0.3, -0.25) is 19.4 Å². The van der Waals surface area contributed by atoms with Crippen LogP contribution in [0.1, 0.15) is 36.1 Å². The van der Waals surface area contributed by atoms with Gasteiger partial charge < -0.3 is 10.6 Å². The maximum atomic E-state index is 12.3. The van der Waals surface area contributed by atoms with E-state index in [9.17, 15) is 9.59 Å². The molecule has 2 aromatic rings. The largest absolute Gasteiger partial charge is 0.356 e. The molecule has 1 aliphatic rings. The number of rotatable bonds is 5. The maximum absolute atomic E-state index is 12.3. The Hall–Kier alpha value is -2.15. The van der Waals surface area contributed by atoms with Crippen molar-refractivity contribution in [1.29, 1.82) is 0 Å². The van der Waals surface area contributed by atoms with Gasteiger partial charge in [-0.05, 0) is 63.2 Å². The lowest BCUT2D eigenvalue weighted by molar-refractivity contribution is -0.120. The van der Waals surface area contributed by atoms with E-state index in [-0.39, 0.29) is 17.9 Å². The molecule has 0 spiro atoms. The van der Waals surface area contributed by atoms with Gasteiger partial charge in [-0.2, -0.15) is 0 Å². The first kappa shape index (κ1) is 17.7. The predicted octanol–water partition coefficient (Wildman–Crippen LogP) is 0.927. The molecular formula is C18H27N5O2. The van der Waals surface area contributed by atoms with Crippen LogP contribution in [0, 0.1) is 19.8 Å². The molecule has 3 heterocycles. The highest BCUT2D eigenvalue weighted by Crippen LogP contribution is 2.20. The summed E-state index contributed by atoms with van der Waals surface area (Å²) < 4.78 is 1.62. The Morgan fingerprint density at radius 1 is 1.40 bits per heavy atom. The van der Waals surface area contributed by atoms with E-state index >= 15 is 0 Å². The number of piperidine rings is 1. The molecule has 0 bridgehead atoms. The summed E-state index contributed by atoms with van der Waals surface area (Å²) >= 11 is 0. The van der Waals surface area contributed by atoms with Crippen LogP contribution in [-0.2, 0) is 18.3 Å². The number of pyridine rings is 1. The van der Waals surface area contributed by atoms with Gasteiger partial charge in [0, 0.05) is 19.3 Å². The van der Waals surface area contributed by atoms with Gasteiger partial charge in [-0.15, -0.1) is 0 Å². The van der Waals surface area contributed by atoms with Crippen molar-refractivity contribution in [3.8, 4) is 0 Å². The molecule has 1 fully saturated rings. The van der Waals surface area contributed by atoms with E-state index in [4.69, 9.17) is 0 Å². The number of fused-ring (bicyclic) bond motifs is 1. The van der Waals surface area contributed by atoms with Gasteiger partial charge >= 0.3 is 0 Å². The number of carbonyl (C=O) groups excluding carboxylic acids is 1. The van der Waals surface area contributed by atoms with Gasteiger partial charge in [-0.1, -0.05) is 0 Å². The molecule has 7 heteroatoms. The normalized spacial score (nSPS) is 17.8. The van der Waals surface area contributed by atoms with Crippen molar-refractivity contribution in [3.63, 3.8) is 0 Å². The predicted molar refractivity (Wildman–Crippen MR) is 97.7 cm³/mol. The standard InChI is InChI=1S/C18H27N5O2/c1-11-14(12(2)21-17-16(11)18(25)22-23(17)3)9-15(24)20-8-6-13-5-4-7-19-10-13/h13,19H,4-10H2,1-3H3,(H,20,24)(H,22,25). The fourth-order valence-corrected chi connectivity index (χ4v) is 3.72. The number of aromatic nitrogens is 3. The summed E-state index contributed by atoms with van der Waals surface area (Å²) in [7, 11) is 1.77. The fourth-order valence-electron chi connectivity index (χ4n) is 3.72. The van der Waals surface area contributed by atoms with E-state index in [1.807, 2.05) is 13.8 Å². The van der Waals surface area contributed by atoms with Gasteiger partial charge in [-0.25, -0.2) is 4.98 Å². The Morgan fingerprint density at radius 2 is 2.20 bits per heavy atom. The van der Waals surface area contributed by atoms with Crippen LogP contribution >= 0.6 is 0 Å². The summed E-state index contributed by atoms with van der Waals surface area (Å²) in [6, 6.07) is 0. The van der Waals surface area contributed by atoms with E-state index in [1.54, 1.807) is 11.7 Å². The molecule has 1 saturated heterocycles. The van der Waals surface area contributed by atoms with Gasteiger partial charge in [0.1, 0.15) is 0 Å². The topological polar surface area (TPSA) is 91.8 Å². The van der Waals surface area contributed by atoms with Crippen molar-refractivity contribution in [2.24, 2.45) is 13.0 Å². The van der Waals surface area contributed by atoms with Crippen LogP contribution in [0.15, 0.2) is 4.79 Å². The number of nitrogens with zero attached hydrogens (tertiary/aromatic N) is 2. The van der Waals surface area contributed by atoms with Crippen LogP contribution in [0.5, 0.6) is 0 Å². The van der Waals surface area contributed by atoms with Crippen LogP contribution in [0.25, 0.3) is 11.0 Å². The molecule has 0 saturated carbocycles. The third-order valence-electron chi connectivity index (χ3n) is 5.19. The van der Waals surface area contributed by atoms with Gasteiger partial charge in [0.15, 0.2) is 5.65 Å². The number of aryl methyl sites for hydroxylation is 3. The highest BCUT2D eigenvalue weighted by atomic mass is 16.1. The summed E-state index contributed by atoms with van der Waals surface area (Å²) in [4.78, 5) is 28.9. The molecule has 0 radical (unpaired) electrons. The SMILES string of the molecule is Cc1nc2c(c(C)c1CC(=O)NCCC1CCCNC1)c(=O)[nH]n2C. The van der Waals surface area contributed by atoms with Crippen LogP contribution in [0.2, 0.25) is 0 Å². The zero-order valence-corrected chi connectivity index (χ0v) is 15.2. The highest BCUT2D eigenvalue weighted by molar-refractivity contribution is 5.84. The van der Waals surface area contributed by atoms with Crippen LogP contribution in [0.3, 0.4) is 0 Å². The number of hydrogen-bond donors (Lipinski definition) is 3.